The van der Waals surface area contributed by atoms with Crippen molar-refractivity contribution in [2.75, 3.05) is 143 Å². The van der Waals surface area contributed by atoms with Crippen LogP contribution >= 0.6 is 11.8 Å². The number of aromatic nitrogens is 1. The van der Waals surface area contributed by atoms with Crippen molar-refractivity contribution in [3.8, 4) is 11.1 Å². The summed E-state index contributed by atoms with van der Waals surface area (Å²) in [5.74, 6) is -4.85. The molecule has 84 heavy (non-hydrogen) atoms. The molecule has 470 valence electrons. The average Bonchev–Trinajstić information content (AvgIpc) is 3.65. The van der Waals surface area contributed by atoms with Gasteiger partial charge < -0.3 is 68.8 Å². The Labute approximate surface area is 491 Å². The predicted molar refractivity (Wildman–Crippen MR) is 302 cm³/mol. The fraction of sp³-hybridized carbons (Fsp3) is 0.579. The summed E-state index contributed by atoms with van der Waals surface area (Å²) in [4.78, 5) is 76.6. The summed E-state index contributed by atoms with van der Waals surface area (Å²) in [5.41, 5.74) is 7.61. The molecule has 0 spiro atoms. The summed E-state index contributed by atoms with van der Waals surface area (Å²) in [6, 6.07) is 12.9. The molecule has 0 aliphatic carbocycles. The quantitative estimate of drug-likeness (QED) is 0.0323. The second-order valence-corrected chi connectivity index (χ2v) is 20.8. The number of ether oxygens (including phenoxy) is 8. The zero-order valence-electron chi connectivity index (χ0n) is 48.1. The van der Waals surface area contributed by atoms with Gasteiger partial charge in [-0.2, -0.15) is 13.2 Å². The third-order valence-corrected chi connectivity index (χ3v) is 12.7. The molecule has 5 amide bonds. The van der Waals surface area contributed by atoms with Crippen LogP contribution in [0.5, 0.6) is 0 Å². The second kappa shape index (κ2) is 40.4. The number of nitrogens with zero attached hydrogens (tertiary/aromatic N) is 3. The molecule has 1 aromatic heterocycles. The zero-order valence-corrected chi connectivity index (χ0v) is 49.0. The largest absolute Gasteiger partial charge is 0.480 e. The van der Waals surface area contributed by atoms with E-state index in [1.54, 1.807) is 17.2 Å². The van der Waals surface area contributed by atoms with Crippen LogP contribution in [0.25, 0.3) is 11.1 Å². The first-order valence-electron chi connectivity index (χ1n) is 27.4. The molecule has 4 rings (SSSR count). The summed E-state index contributed by atoms with van der Waals surface area (Å²) < 4.78 is 106. The molecular weight excluding hydrogens is 1140 g/mol. The average molecular weight is 1220 g/mol. The standard InChI is InChI=1S/C55H78F2N6O15S.C2H3F3/c1-55(2,3)53(47-34-42(44-35-43(56)10-11-45(44)57)37-61(47)36-41-8-5-4-6-9-41)62(17-7-15-58)52(68)40-79-39-46(54(69)70)60-48(64)14-18-71-20-22-73-24-26-75-28-30-77-32-33-78-31-29-76-27-25-74-23-21-72-19-16-59-49(65)38-63-50(66)12-13-51(63)67;1-2(3,4)5/h4-6,8-13,34-35,37,46,53H,7,14-33,36,38-40,58H2,1-3H3,(H,59,65)(H,60,64)(H,69,70);1H3. The van der Waals surface area contributed by atoms with Crippen molar-refractivity contribution < 1.29 is 93.7 Å². The number of carbonyl (C=O) groups is 6. The topological polar surface area (TPSA) is 258 Å². The minimum Gasteiger partial charge on any atom is -0.480 e. The normalized spacial score (nSPS) is 13.2. The number of imide groups is 1. The zero-order chi connectivity index (χ0) is 61.8. The number of halogens is 5. The van der Waals surface area contributed by atoms with E-state index in [0.717, 1.165) is 52.6 Å². The number of carbonyl (C=O) groups excluding carboxylic acids is 5. The number of hydrogen-bond acceptors (Lipinski definition) is 16. The van der Waals surface area contributed by atoms with E-state index in [9.17, 15) is 51.4 Å². The molecule has 27 heteroatoms. The fourth-order valence-electron chi connectivity index (χ4n) is 7.91. The van der Waals surface area contributed by atoms with Gasteiger partial charge in [0.2, 0.25) is 17.7 Å². The number of carboxylic acid groups (broad SMARTS) is 1. The van der Waals surface area contributed by atoms with Crippen LogP contribution in [0.2, 0.25) is 0 Å². The molecule has 0 fully saturated rings. The van der Waals surface area contributed by atoms with Crippen molar-refractivity contribution in [1.29, 1.82) is 0 Å². The Morgan fingerprint density at radius 3 is 1.69 bits per heavy atom. The number of alkyl halides is 3. The van der Waals surface area contributed by atoms with E-state index >= 15 is 4.39 Å². The van der Waals surface area contributed by atoms with E-state index in [1.807, 2.05) is 55.7 Å². The SMILES string of the molecule is CC(C)(C)C(c1cc(-c2cc(F)ccc2F)cn1Cc1ccccc1)N(CCCN)C(=O)CSCC(NC(=O)CCOCCOCCOCCOCCOCCOCCOCCOCCNC(=O)CN1C(=O)C=CC1=O)C(=O)O.CC(F)(F)F. The van der Waals surface area contributed by atoms with Crippen molar-refractivity contribution in [3.63, 3.8) is 0 Å². The third kappa shape index (κ3) is 30.8. The van der Waals surface area contributed by atoms with Crippen molar-refractivity contribution in [1.82, 2.24) is 25.0 Å². The van der Waals surface area contributed by atoms with Crippen LogP contribution in [-0.4, -0.2) is 211 Å². The maximum Gasteiger partial charge on any atom is 0.386 e. The Bertz CT molecular complexity index is 2450. The van der Waals surface area contributed by atoms with Gasteiger partial charge in [-0.25, -0.2) is 13.6 Å². The molecule has 1 aliphatic rings. The summed E-state index contributed by atoms with van der Waals surface area (Å²) in [5, 5.41) is 15.1. The van der Waals surface area contributed by atoms with Gasteiger partial charge in [0.1, 0.15) is 24.2 Å². The Hall–Kier alpha value is -5.88. The summed E-state index contributed by atoms with van der Waals surface area (Å²) in [6.45, 7) is 12.3. The maximum absolute atomic E-state index is 15.2. The van der Waals surface area contributed by atoms with Gasteiger partial charge in [-0.05, 0) is 48.2 Å². The minimum absolute atomic E-state index is 0.0401. The first kappa shape index (κ1) is 72.4. The molecule has 0 saturated heterocycles. The molecule has 2 aromatic carbocycles. The molecule has 2 atom stereocenters. The van der Waals surface area contributed by atoms with E-state index in [4.69, 9.17) is 43.6 Å². The van der Waals surface area contributed by atoms with E-state index in [1.165, 1.54) is 0 Å². The lowest BCUT2D eigenvalue weighted by Crippen LogP contribution is -2.45. The number of rotatable bonds is 43. The van der Waals surface area contributed by atoms with Crippen LogP contribution < -0.4 is 16.4 Å². The maximum atomic E-state index is 15.2. The Kier molecular flexibility index (Phi) is 34.8. The van der Waals surface area contributed by atoms with Crippen LogP contribution in [0.1, 0.15) is 57.8 Å². The highest BCUT2D eigenvalue weighted by Crippen LogP contribution is 2.41. The van der Waals surface area contributed by atoms with Crippen LogP contribution in [-0.2, 0) is 73.2 Å². The molecule has 0 radical (unpaired) electrons. The second-order valence-electron chi connectivity index (χ2n) is 19.7. The fourth-order valence-corrected chi connectivity index (χ4v) is 8.83. The van der Waals surface area contributed by atoms with Crippen LogP contribution in [0.3, 0.4) is 0 Å². The molecule has 2 heterocycles. The molecule has 3 aromatic rings. The van der Waals surface area contributed by atoms with Crippen molar-refractivity contribution in [2.24, 2.45) is 11.1 Å². The van der Waals surface area contributed by atoms with Gasteiger partial charge in [-0.1, -0.05) is 51.1 Å². The van der Waals surface area contributed by atoms with Gasteiger partial charge in [-0.15, -0.1) is 11.8 Å². The molecule has 2 unspecified atom stereocenters. The lowest BCUT2D eigenvalue weighted by molar-refractivity contribution is -0.141. The molecule has 0 bridgehead atoms. The van der Waals surface area contributed by atoms with Crippen LogP contribution in [0, 0.1) is 17.0 Å². The Balaban J connectivity index is 0.00000354. The first-order chi connectivity index (χ1) is 40.1. The summed E-state index contributed by atoms with van der Waals surface area (Å²) >= 11 is 1.08. The smallest absolute Gasteiger partial charge is 0.386 e. The summed E-state index contributed by atoms with van der Waals surface area (Å²) in [7, 11) is 0. The predicted octanol–water partition coefficient (Wildman–Crippen LogP) is 5.18. The highest BCUT2D eigenvalue weighted by molar-refractivity contribution is 8.00. The molecule has 5 N–H and O–H groups in total. The number of aliphatic carboxylic acids is 1. The monoisotopic (exact) mass is 1220 g/mol. The van der Waals surface area contributed by atoms with E-state index in [2.05, 4.69) is 10.6 Å². The van der Waals surface area contributed by atoms with Crippen molar-refractivity contribution in [3.05, 3.63) is 95.8 Å². The number of benzene rings is 2. The van der Waals surface area contributed by atoms with Crippen LogP contribution in [0.15, 0.2) is 72.9 Å². The minimum atomic E-state index is -4.00. The number of thioether (sulfide) groups is 1. The van der Waals surface area contributed by atoms with E-state index in [0.29, 0.717) is 110 Å². The van der Waals surface area contributed by atoms with E-state index < -0.39 is 64.9 Å². The first-order valence-corrected chi connectivity index (χ1v) is 28.5. The number of nitrogens with two attached hydrogens (primary N) is 1. The number of hydrogen-bond donors (Lipinski definition) is 4. The van der Waals surface area contributed by atoms with Gasteiger partial charge in [0, 0.05) is 73.9 Å². The van der Waals surface area contributed by atoms with Gasteiger partial charge in [0.05, 0.1) is 118 Å². The summed E-state index contributed by atoms with van der Waals surface area (Å²) in [6.07, 6.45) is 0.410. The molecule has 0 saturated carbocycles. The lowest BCUT2D eigenvalue weighted by Gasteiger charge is -2.41. The number of nitrogens with one attached hydrogen (secondary N) is 2. The molecular formula is C57H81F5N6O15S. The lowest BCUT2D eigenvalue weighted by atomic mass is 9.83. The highest BCUT2D eigenvalue weighted by Gasteiger charge is 2.37. The Morgan fingerprint density at radius 1 is 0.702 bits per heavy atom. The molecule has 1 aliphatic heterocycles. The Morgan fingerprint density at radius 2 is 1.20 bits per heavy atom. The van der Waals surface area contributed by atoms with Gasteiger partial charge in [-0.3, -0.25) is 28.9 Å². The van der Waals surface area contributed by atoms with Crippen molar-refractivity contribution >= 4 is 47.3 Å². The van der Waals surface area contributed by atoms with Crippen molar-refractivity contribution in [2.45, 2.75) is 65.3 Å². The van der Waals surface area contributed by atoms with Crippen LogP contribution in [0.4, 0.5) is 22.0 Å². The number of carboxylic acids is 1. The third-order valence-electron chi connectivity index (χ3n) is 11.7. The number of amides is 5. The van der Waals surface area contributed by atoms with E-state index in [-0.39, 0.29) is 82.4 Å². The highest BCUT2D eigenvalue weighted by atomic mass is 32.2. The molecule has 21 nitrogen and oxygen atoms in total. The van der Waals surface area contributed by atoms with Gasteiger partial charge in [0.15, 0.2) is 0 Å². The van der Waals surface area contributed by atoms with Gasteiger partial charge >= 0.3 is 12.1 Å². The van der Waals surface area contributed by atoms with Gasteiger partial charge in [0.25, 0.3) is 11.8 Å².